The van der Waals surface area contributed by atoms with Gasteiger partial charge in [0.25, 0.3) is 0 Å². The van der Waals surface area contributed by atoms with Gasteiger partial charge in [-0.15, -0.1) is 23.2 Å². The van der Waals surface area contributed by atoms with Gasteiger partial charge in [-0.1, -0.05) is 13.8 Å². The van der Waals surface area contributed by atoms with Crippen LogP contribution >= 0.6 is 23.2 Å². The Morgan fingerprint density at radius 2 is 1.88 bits per heavy atom. The van der Waals surface area contributed by atoms with Crippen LogP contribution in [0.1, 0.15) is 32.8 Å². The van der Waals surface area contributed by atoms with Crippen molar-refractivity contribution < 1.29 is 13.2 Å². The van der Waals surface area contributed by atoms with E-state index in [0.717, 1.165) is 11.3 Å². The van der Waals surface area contributed by atoms with Crippen molar-refractivity contribution in [3.8, 4) is 0 Å². The molecule has 0 N–H and O–H groups in total. The predicted molar refractivity (Wildman–Crippen MR) is 99.8 cm³/mol. The van der Waals surface area contributed by atoms with E-state index >= 15 is 0 Å². The fourth-order valence-electron chi connectivity index (χ4n) is 3.39. The molecule has 1 saturated carbocycles. The number of carbonyl (C=O) groups excluding carboxylic acids is 1. The van der Waals surface area contributed by atoms with Crippen LogP contribution in [0.3, 0.4) is 0 Å². The van der Waals surface area contributed by atoms with Crippen LogP contribution in [-0.4, -0.2) is 42.6 Å². The largest absolute Gasteiger partial charge is 0.311 e. The van der Waals surface area contributed by atoms with Gasteiger partial charge in [-0.25, -0.2) is 8.42 Å². The Hall–Kier alpha value is -0.820. The third-order valence-corrected chi connectivity index (χ3v) is 8.41. The molecule has 1 aliphatic heterocycles. The number of alkyl halides is 2. The number of carbonyl (C=O) groups is 1. The Kier molecular flexibility index (Phi) is 4.64. The third-order valence-electron chi connectivity index (χ3n) is 5.26. The van der Waals surface area contributed by atoms with E-state index in [4.69, 9.17) is 23.2 Å². The highest BCUT2D eigenvalue weighted by Gasteiger charge is 2.69. The minimum atomic E-state index is -3.51. The summed E-state index contributed by atoms with van der Waals surface area (Å²) in [5.41, 5.74) is 0.838. The van der Waals surface area contributed by atoms with Gasteiger partial charge in [0.05, 0.1) is 10.3 Å². The van der Waals surface area contributed by atoms with Crippen LogP contribution in [0.5, 0.6) is 0 Å². The zero-order chi connectivity index (χ0) is 18.6. The summed E-state index contributed by atoms with van der Waals surface area (Å²) in [5.74, 6) is -0.101. The maximum atomic E-state index is 12.8. The lowest BCUT2D eigenvalue weighted by atomic mass is 10.1. The first-order valence-corrected chi connectivity index (χ1v) is 10.6. The number of rotatable bonds is 5. The van der Waals surface area contributed by atoms with Crippen LogP contribution < -0.4 is 4.90 Å². The minimum absolute atomic E-state index is 0.101. The highest BCUT2D eigenvalue weighted by molar-refractivity contribution is 7.89. The van der Waals surface area contributed by atoms with Crippen LogP contribution in [0.2, 0.25) is 0 Å². The number of amides is 1. The van der Waals surface area contributed by atoms with Gasteiger partial charge >= 0.3 is 0 Å². The zero-order valence-electron chi connectivity index (χ0n) is 14.6. The van der Waals surface area contributed by atoms with Crippen molar-refractivity contribution in [3.05, 3.63) is 23.8 Å². The third kappa shape index (κ3) is 2.87. The Morgan fingerprint density at radius 3 is 2.40 bits per heavy atom. The van der Waals surface area contributed by atoms with Crippen molar-refractivity contribution in [1.82, 2.24) is 4.31 Å². The number of sulfonamides is 1. The molecular formula is C17H22Cl2N2O3S. The van der Waals surface area contributed by atoms with Gasteiger partial charge in [-0.05, 0) is 43.5 Å². The highest BCUT2D eigenvalue weighted by atomic mass is 35.5. The van der Waals surface area contributed by atoms with Crippen LogP contribution in [-0.2, 0) is 21.2 Å². The smallest absolute Gasteiger partial charge is 0.243 e. The maximum Gasteiger partial charge on any atom is 0.243 e. The Labute approximate surface area is 158 Å². The minimum Gasteiger partial charge on any atom is -0.311 e. The number of nitrogens with zero attached hydrogens (tertiary/aromatic N) is 2. The summed E-state index contributed by atoms with van der Waals surface area (Å²) >= 11 is 12.3. The summed E-state index contributed by atoms with van der Waals surface area (Å²) in [6, 6.07) is 4.97. The number of fused-ring (bicyclic) bond motifs is 1. The van der Waals surface area contributed by atoms with E-state index in [-0.39, 0.29) is 10.8 Å². The predicted octanol–water partition coefficient (Wildman–Crippen LogP) is 3.19. The fourth-order valence-corrected chi connectivity index (χ4v) is 5.60. The van der Waals surface area contributed by atoms with Crippen molar-refractivity contribution >= 4 is 44.8 Å². The number of benzene rings is 1. The molecule has 5 nitrogen and oxygen atoms in total. The van der Waals surface area contributed by atoms with E-state index in [9.17, 15) is 13.2 Å². The molecule has 3 rings (SSSR count). The molecule has 0 saturated heterocycles. The van der Waals surface area contributed by atoms with Gasteiger partial charge in [0.15, 0.2) is 0 Å². The Balaban J connectivity index is 1.91. The second-order valence-corrected chi connectivity index (χ2v) is 10.2. The fraction of sp³-hybridized carbons (Fsp3) is 0.588. The molecule has 1 amide bonds. The summed E-state index contributed by atoms with van der Waals surface area (Å²) < 4.78 is 25.8. The molecule has 1 unspecified atom stereocenters. The van der Waals surface area contributed by atoms with Crippen molar-refractivity contribution in [2.45, 2.75) is 42.8 Å². The molecule has 0 spiro atoms. The quantitative estimate of drug-likeness (QED) is 0.707. The van der Waals surface area contributed by atoms with Crippen LogP contribution in [0.25, 0.3) is 0 Å². The first-order valence-electron chi connectivity index (χ1n) is 8.41. The zero-order valence-corrected chi connectivity index (χ0v) is 16.9. The summed E-state index contributed by atoms with van der Waals surface area (Å²) in [6.45, 7) is 6.76. The topological polar surface area (TPSA) is 57.7 Å². The molecule has 0 bridgehead atoms. The summed E-state index contributed by atoms with van der Waals surface area (Å²) in [6.07, 6.45) is 1.05. The van der Waals surface area contributed by atoms with E-state index in [1.165, 1.54) is 4.31 Å². The van der Waals surface area contributed by atoms with Gasteiger partial charge in [0, 0.05) is 25.3 Å². The van der Waals surface area contributed by atoms with Gasteiger partial charge in [0.2, 0.25) is 15.9 Å². The van der Waals surface area contributed by atoms with E-state index in [1.54, 1.807) is 30.0 Å². The maximum absolute atomic E-state index is 12.8. The number of hydrogen-bond donors (Lipinski definition) is 0. The normalized spacial score (nSPS) is 24.5. The molecule has 8 heteroatoms. The van der Waals surface area contributed by atoms with Gasteiger partial charge in [-0.2, -0.15) is 4.31 Å². The molecule has 1 aromatic carbocycles. The summed E-state index contributed by atoms with van der Waals surface area (Å²) in [7, 11) is -3.51. The van der Waals surface area contributed by atoms with E-state index in [2.05, 4.69) is 0 Å². The number of halogens is 2. The number of anilines is 1. The first-order chi connectivity index (χ1) is 11.6. The standard InChI is InChI=1S/C17H22Cl2N2O3S/c1-4-20(5-2)25(23,24)13-6-7-14-12(10-13)8-9-21(14)15(22)16(3)11-17(16,18)19/h6-7,10H,4-5,8-9,11H2,1-3H3. The van der Waals surface area contributed by atoms with Gasteiger partial charge < -0.3 is 4.90 Å². The lowest BCUT2D eigenvalue weighted by Crippen LogP contribution is -2.37. The molecule has 0 aromatic heterocycles. The molecule has 2 aliphatic rings. The molecular weight excluding hydrogens is 383 g/mol. The van der Waals surface area contributed by atoms with Crippen LogP contribution in [0.4, 0.5) is 5.69 Å². The SMILES string of the molecule is CCN(CC)S(=O)(=O)c1ccc2c(c1)CCN2C(=O)C1(C)CC1(Cl)Cl. The lowest BCUT2D eigenvalue weighted by molar-refractivity contribution is -0.123. The average Bonchev–Trinajstić information content (AvgIpc) is 2.91. The molecule has 1 aliphatic carbocycles. The highest BCUT2D eigenvalue weighted by Crippen LogP contribution is 2.64. The molecule has 1 atom stereocenters. The van der Waals surface area contributed by atoms with E-state index in [0.29, 0.717) is 32.5 Å². The van der Waals surface area contributed by atoms with Crippen LogP contribution in [0, 0.1) is 5.41 Å². The summed E-state index contributed by atoms with van der Waals surface area (Å²) in [5, 5.41) is 0. The van der Waals surface area contributed by atoms with Crippen molar-refractivity contribution in [2.24, 2.45) is 5.41 Å². The monoisotopic (exact) mass is 404 g/mol. The first kappa shape index (κ1) is 19.0. The average molecular weight is 405 g/mol. The van der Waals surface area contributed by atoms with E-state index < -0.39 is 19.8 Å². The van der Waals surface area contributed by atoms with Crippen molar-refractivity contribution in [1.29, 1.82) is 0 Å². The van der Waals surface area contributed by atoms with Crippen molar-refractivity contribution in [3.63, 3.8) is 0 Å². The lowest BCUT2D eigenvalue weighted by Gasteiger charge is -2.23. The molecule has 138 valence electrons. The van der Waals surface area contributed by atoms with Crippen molar-refractivity contribution in [2.75, 3.05) is 24.5 Å². The number of hydrogen-bond acceptors (Lipinski definition) is 3. The van der Waals surface area contributed by atoms with E-state index in [1.807, 2.05) is 13.8 Å². The second-order valence-electron chi connectivity index (χ2n) is 6.80. The second kappa shape index (κ2) is 6.12. The molecule has 0 radical (unpaired) electrons. The Morgan fingerprint density at radius 1 is 1.28 bits per heavy atom. The molecule has 1 fully saturated rings. The van der Waals surface area contributed by atoms with Crippen LogP contribution in [0.15, 0.2) is 23.1 Å². The van der Waals surface area contributed by atoms with Gasteiger partial charge in [-0.3, -0.25) is 4.79 Å². The molecule has 1 aromatic rings. The molecule has 1 heterocycles. The van der Waals surface area contributed by atoms with Gasteiger partial charge in [0.1, 0.15) is 4.33 Å². The summed E-state index contributed by atoms with van der Waals surface area (Å²) in [4.78, 5) is 14.8. The molecule has 25 heavy (non-hydrogen) atoms. The Bertz CT molecular complexity index is 821.